The monoisotopic (exact) mass is 364 g/mol. The number of piperazine rings is 1. The fraction of sp³-hybridized carbons (Fsp3) is 0.312. The molecule has 0 bridgehead atoms. The molecule has 3 heterocycles. The predicted octanol–water partition coefficient (Wildman–Crippen LogP) is 3.00. The number of benzene rings is 1. The van der Waals surface area contributed by atoms with Crippen LogP contribution in [-0.2, 0) is 0 Å². The highest BCUT2D eigenvalue weighted by Gasteiger charge is 2.28. The summed E-state index contributed by atoms with van der Waals surface area (Å²) in [6.45, 7) is 4.02. The largest absolute Gasteiger partial charge is 0.348 e. The Hall–Kier alpha value is -2.48. The molecule has 9 heteroatoms. The van der Waals surface area contributed by atoms with Gasteiger partial charge in [0.15, 0.2) is 11.6 Å². The number of nitrogens with zero attached hydrogens (tertiary/aromatic N) is 5. The molecule has 3 aromatic rings. The van der Waals surface area contributed by atoms with Crippen LogP contribution >= 0.6 is 11.6 Å². The first-order chi connectivity index (χ1) is 12.0. The Kier molecular flexibility index (Phi) is 3.91. The van der Waals surface area contributed by atoms with Crippen LogP contribution < -0.4 is 9.80 Å². The number of nitrogens with one attached hydrogen (secondary N) is 1. The maximum atomic E-state index is 13.5. The van der Waals surface area contributed by atoms with Crippen molar-refractivity contribution in [2.45, 2.75) is 13.0 Å². The van der Waals surface area contributed by atoms with Crippen molar-refractivity contribution in [3.63, 3.8) is 0 Å². The second-order valence-electron chi connectivity index (χ2n) is 6.05. The summed E-state index contributed by atoms with van der Waals surface area (Å²) in [5.74, 6) is 0.339. The van der Waals surface area contributed by atoms with Crippen molar-refractivity contribution in [1.29, 1.82) is 0 Å². The maximum Gasteiger partial charge on any atom is 0.225 e. The molecule has 2 aromatic heterocycles. The number of hydrogen-bond acceptors (Lipinski definition) is 5. The molecule has 0 spiro atoms. The first-order valence-corrected chi connectivity index (χ1v) is 8.23. The zero-order valence-corrected chi connectivity index (χ0v) is 14.1. The van der Waals surface area contributed by atoms with Crippen LogP contribution in [0.25, 0.3) is 10.9 Å². The number of anilines is 2. The molecule has 25 heavy (non-hydrogen) atoms. The third-order valence-corrected chi connectivity index (χ3v) is 4.65. The van der Waals surface area contributed by atoms with E-state index in [1.807, 2.05) is 11.8 Å². The normalized spacial score (nSPS) is 18.2. The van der Waals surface area contributed by atoms with Crippen molar-refractivity contribution in [1.82, 2.24) is 20.2 Å². The first-order valence-electron chi connectivity index (χ1n) is 7.85. The first kappa shape index (κ1) is 16.0. The summed E-state index contributed by atoms with van der Waals surface area (Å²) in [4.78, 5) is 12.2. The van der Waals surface area contributed by atoms with E-state index in [1.165, 1.54) is 12.1 Å². The molecule has 130 valence electrons. The number of aromatic amines is 1. The summed E-state index contributed by atoms with van der Waals surface area (Å²) in [6.07, 6.45) is 2.32. The molecule has 0 aliphatic carbocycles. The summed E-state index contributed by atoms with van der Waals surface area (Å²) >= 11 is 6.22. The molecule has 1 saturated heterocycles. The predicted molar refractivity (Wildman–Crippen MR) is 92.1 cm³/mol. The molecule has 1 N–H and O–H groups in total. The number of H-pyrrole nitrogens is 1. The minimum Gasteiger partial charge on any atom is -0.348 e. The van der Waals surface area contributed by atoms with Crippen LogP contribution in [-0.4, -0.2) is 45.8 Å². The summed E-state index contributed by atoms with van der Waals surface area (Å²) in [5, 5.41) is 8.21. The minimum atomic E-state index is -0.458. The van der Waals surface area contributed by atoms with Gasteiger partial charge in [0.05, 0.1) is 28.3 Å². The van der Waals surface area contributed by atoms with Crippen molar-refractivity contribution in [3.8, 4) is 0 Å². The lowest BCUT2D eigenvalue weighted by Gasteiger charge is -2.40. The molecule has 0 unspecified atom stereocenters. The standard InChI is InChI=1S/C16H15ClF2N6/c1-9-8-24(16-20-6-11(19)7-21-16)2-3-25(9)15-14-12(17)4-10(18)5-13(14)22-23-15/h4-7,9H,2-3,8H2,1H3,(H,22,23)/t9-/m0/s1. The van der Waals surface area contributed by atoms with E-state index in [4.69, 9.17) is 11.6 Å². The van der Waals surface area contributed by atoms with Crippen LogP contribution in [0.3, 0.4) is 0 Å². The minimum absolute atomic E-state index is 0.0926. The number of halogens is 3. The van der Waals surface area contributed by atoms with Gasteiger partial charge in [-0.2, -0.15) is 5.10 Å². The Labute approximate surface area is 147 Å². The van der Waals surface area contributed by atoms with Gasteiger partial charge in [-0.1, -0.05) is 11.6 Å². The molecule has 0 amide bonds. The highest BCUT2D eigenvalue weighted by atomic mass is 35.5. The Morgan fingerprint density at radius 2 is 1.92 bits per heavy atom. The summed E-state index contributed by atoms with van der Waals surface area (Å²) < 4.78 is 26.5. The van der Waals surface area contributed by atoms with E-state index in [1.54, 1.807) is 0 Å². The van der Waals surface area contributed by atoms with E-state index in [9.17, 15) is 8.78 Å². The molecule has 1 aliphatic heterocycles. The Balaban J connectivity index is 1.60. The number of aromatic nitrogens is 4. The topological polar surface area (TPSA) is 60.9 Å². The molecular formula is C16H15ClF2N6. The van der Waals surface area contributed by atoms with Crippen LogP contribution in [0.1, 0.15) is 6.92 Å². The van der Waals surface area contributed by atoms with E-state index in [2.05, 4.69) is 25.1 Å². The average molecular weight is 365 g/mol. The number of hydrogen-bond donors (Lipinski definition) is 1. The molecule has 1 aliphatic rings. The summed E-state index contributed by atoms with van der Waals surface area (Å²) in [6, 6.07) is 2.76. The van der Waals surface area contributed by atoms with Crippen molar-refractivity contribution >= 4 is 34.3 Å². The van der Waals surface area contributed by atoms with Crippen LogP contribution in [0.4, 0.5) is 20.5 Å². The summed E-state index contributed by atoms with van der Waals surface area (Å²) in [5.41, 5.74) is 0.566. The van der Waals surface area contributed by atoms with Gasteiger partial charge >= 0.3 is 0 Å². The van der Waals surface area contributed by atoms with Crippen LogP contribution in [0, 0.1) is 11.6 Å². The zero-order chi connectivity index (χ0) is 17.6. The lowest BCUT2D eigenvalue weighted by molar-refractivity contribution is 0.536. The molecule has 1 aromatic carbocycles. The van der Waals surface area contributed by atoms with Crippen molar-refractivity contribution in [3.05, 3.63) is 41.2 Å². The van der Waals surface area contributed by atoms with Crippen LogP contribution in [0.5, 0.6) is 0 Å². The fourth-order valence-electron chi connectivity index (χ4n) is 3.19. The zero-order valence-electron chi connectivity index (χ0n) is 13.4. The van der Waals surface area contributed by atoms with Crippen molar-refractivity contribution in [2.75, 3.05) is 29.4 Å². The third kappa shape index (κ3) is 2.86. The lowest BCUT2D eigenvalue weighted by Crippen LogP contribution is -2.52. The van der Waals surface area contributed by atoms with E-state index in [-0.39, 0.29) is 6.04 Å². The van der Waals surface area contributed by atoms with Gasteiger partial charge < -0.3 is 9.80 Å². The van der Waals surface area contributed by atoms with Gasteiger partial charge in [-0.25, -0.2) is 18.7 Å². The van der Waals surface area contributed by atoms with Gasteiger partial charge in [-0.3, -0.25) is 5.10 Å². The Morgan fingerprint density at radius 1 is 1.16 bits per heavy atom. The molecule has 1 atom stereocenters. The van der Waals surface area contributed by atoms with Crippen LogP contribution in [0.15, 0.2) is 24.5 Å². The molecule has 4 rings (SSSR count). The second kappa shape index (κ2) is 6.11. The molecular weight excluding hydrogens is 350 g/mol. The summed E-state index contributed by atoms with van der Waals surface area (Å²) in [7, 11) is 0. The second-order valence-corrected chi connectivity index (χ2v) is 6.45. The quantitative estimate of drug-likeness (QED) is 0.757. The highest BCUT2D eigenvalue weighted by molar-refractivity contribution is 6.36. The third-order valence-electron chi connectivity index (χ3n) is 4.35. The van der Waals surface area contributed by atoms with Crippen molar-refractivity contribution < 1.29 is 8.78 Å². The molecule has 1 fully saturated rings. The van der Waals surface area contributed by atoms with E-state index in [0.717, 1.165) is 12.4 Å². The van der Waals surface area contributed by atoms with Crippen molar-refractivity contribution in [2.24, 2.45) is 0 Å². The van der Waals surface area contributed by atoms with Gasteiger partial charge in [-0.15, -0.1) is 0 Å². The Morgan fingerprint density at radius 3 is 2.64 bits per heavy atom. The van der Waals surface area contributed by atoms with Crippen LogP contribution in [0.2, 0.25) is 5.02 Å². The average Bonchev–Trinajstić information content (AvgIpc) is 2.99. The number of fused-ring (bicyclic) bond motifs is 1. The number of rotatable bonds is 2. The van der Waals surface area contributed by atoms with Gasteiger partial charge in [0.2, 0.25) is 5.95 Å². The van der Waals surface area contributed by atoms with Gasteiger partial charge in [0, 0.05) is 25.7 Å². The fourth-order valence-corrected chi connectivity index (χ4v) is 3.48. The van der Waals surface area contributed by atoms with Gasteiger partial charge in [-0.05, 0) is 19.1 Å². The Bertz CT molecular complexity index is 913. The molecule has 0 saturated carbocycles. The van der Waals surface area contributed by atoms with E-state index < -0.39 is 11.6 Å². The molecule has 0 radical (unpaired) electrons. The van der Waals surface area contributed by atoms with Gasteiger partial charge in [0.1, 0.15) is 5.82 Å². The SMILES string of the molecule is C[C@H]1CN(c2ncc(F)cn2)CCN1c1n[nH]c2cc(F)cc(Cl)c12. The molecule has 6 nitrogen and oxygen atoms in total. The van der Waals surface area contributed by atoms with E-state index in [0.29, 0.717) is 47.3 Å². The highest BCUT2D eigenvalue weighted by Crippen LogP contribution is 2.33. The van der Waals surface area contributed by atoms with E-state index >= 15 is 0 Å². The van der Waals surface area contributed by atoms with Gasteiger partial charge in [0.25, 0.3) is 0 Å². The lowest BCUT2D eigenvalue weighted by atomic mass is 10.1. The maximum absolute atomic E-state index is 13.5. The smallest absolute Gasteiger partial charge is 0.225 e.